The van der Waals surface area contributed by atoms with Crippen molar-refractivity contribution in [3.05, 3.63) is 35.9 Å². The molecule has 0 atom stereocenters. The van der Waals surface area contributed by atoms with Crippen molar-refractivity contribution in [1.29, 1.82) is 5.41 Å². The maximum absolute atomic E-state index is 7.57. The summed E-state index contributed by atoms with van der Waals surface area (Å²) < 4.78 is 1.99. The molecule has 0 saturated heterocycles. The van der Waals surface area contributed by atoms with Gasteiger partial charge >= 0.3 is 0 Å². The minimum Gasteiger partial charge on any atom is -0.332 e. The maximum atomic E-state index is 7.57. The first-order chi connectivity index (χ1) is 11.9. The van der Waals surface area contributed by atoms with Crippen molar-refractivity contribution in [3.63, 3.8) is 0 Å². The zero-order valence-corrected chi connectivity index (χ0v) is 15.8. The normalized spacial score (nSPS) is 12.1. The third kappa shape index (κ3) is 4.05. The largest absolute Gasteiger partial charge is 0.332 e. The van der Waals surface area contributed by atoms with Crippen LogP contribution in [0.4, 0.5) is 5.82 Å². The lowest BCUT2D eigenvalue weighted by Gasteiger charge is -2.11. The molecule has 0 bridgehead atoms. The van der Waals surface area contributed by atoms with Crippen LogP contribution in [0, 0.1) is 5.41 Å². The first kappa shape index (κ1) is 17.6. The third-order valence-electron chi connectivity index (χ3n) is 3.22. The molecule has 3 aromatic rings. The number of nitrogens with one attached hydrogen (secondary N) is 3. The zero-order chi connectivity index (χ0) is 18.0. The minimum absolute atomic E-state index is 0.397. The molecule has 3 N–H and O–H groups in total. The number of hydrogen-bond donors (Lipinski definition) is 4. The number of aromatic amines is 1. The van der Waals surface area contributed by atoms with Gasteiger partial charge in [0.2, 0.25) is 0 Å². The Labute approximate surface area is 155 Å². The third-order valence-corrected chi connectivity index (χ3v) is 4.37. The fourth-order valence-electron chi connectivity index (χ4n) is 2.32. The molecule has 3 rings (SSSR count). The second-order valence-electron chi connectivity index (χ2n) is 5.76. The van der Waals surface area contributed by atoms with Gasteiger partial charge in [0.1, 0.15) is 5.03 Å². The Balaban J connectivity index is 2.12. The number of fused-ring (bicyclic) bond motifs is 1. The van der Waals surface area contributed by atoms with Gasteiger partial charge in [0, 0.05) is 28.9 Å². The van der Waals surface area contributed by atoms with E-state index in [-0.39, 0.29) is 0 Å². The minimum atomic E-state index is 0.397. The number of anilines is 1. The molecule has 3 aromatic heterocycles. The summed E-state index contributed by atoms with van der Waals surface area (Å²) in [6.45, 7) is 5.94. The SMILES string of the molecule is CC(=N)/C=C(\S)Nc1nc(SC(C)C)cn2c(-c3cn[nH]c3)cnc12. The molecule has 0 fully saturated rings. The van der Waals surface area contributed by atoms with Gasteiger partial charge in [-0.15, -0.1) is 24.4 Å². The van der Waals surface area contributed by atoms with Gasteiger partial charge in [-0.05, 0) is 13.0 Å². The van der Waals surface area contributed by atoms with E-state index in [0.717, 1.165) is 16.3 Å². The van der Waals surface area contributed by atoms with E-state index < -0.39 is 0 Å². The number of H-pyrrole nitrogens is 1. The summed E-state index contributed by atoms with van der Waals surface area (Å²) in [4.78, 5) is 9.17. The molecule has 0 unspecified atom stereocenters. The molecule has 3 heterocycles. The highest BCUT2D eigenvalue weighted by Crippen LogP contribution is 2.29. The van der Waals surface area contributed by atoms with Crippen LogP contribution in [0.2, 0.25) is 0 Å². The zero-order valence-electron chi connectivity index (χ0n) is 14.1. The highest BCUT2D eigenvalue weighted by molar-refractivity contribution is 7.99. The lowest BCUT2D eigenvalue weighted by Crippen LogP contribution is -2.04. The molecule has 7 nitrogen and oxygen atoms in total. The summed E-state index contributed by atoms with van der Waals surface area (Å²) in [7, 11) is 0. The van der Waals surface area contributed by atoms with Crippen LogP contribution in [0.15, 0.2) is 40.9 Å². The number of hydrogen-bond acceptors (Lipinski definition) is 7. The van der Waals surface area contributed by atoms with Gasteiger partial charge in [0.15, 0.2) is 11.5 Å². The van der Waals surface area contributed by atoms with Gasteiger partial charge in [-0.1, -0.05) is 13.8 Å². The number of thiol groups is 1. The summed E-state index contributed by atoms with van der Waals surface area (Å²) in [5.74, 6) is 0.600. The smallest absolute Gasteiger partial charge is 0.181 e. The average Bonchev–Trinajstić information content (AvgIpc) is 3.13. The van der Waals surface area contributed by atoms with Crippen LogP contribution in [0.25, 0.3) is 16.9 Å². The predicted molar refractivity (Wildman–Crippen MR) is 106 cm³/mol. The number of nitrogens with zero attached hydrogens (tertiary/aromatic N) is 4. The van der Waals surface area contributed by atoms with Gasteiger partial charge in [0.25, 0.3) is 0 Å². The van der Waals surface area contributed by atoms with Crippen LogP contribution in [0.5, 0.6) is 0 Å². The van der Waals surface area contributed by atoms with Gasteiger partial charge in [-0.3, -0.25) is 9.50 Å². The fourth-order valence-corrected chi connectivity index (χ4v) is 3.41. The molecule has 0 aliphatic heterocycles. The van der Waals surface area contributed by atoms with E-state index in [1.807, 2.05) is 16.8 Å². The molecule has 0 aromatic carbocycles. The Kier molecular flexibility index (Phi) is 5.14. The first-order valence-electron chi connectivity index (χ1n) is 7.71. The van der Waals surface area contributed by atoms with E-state index in [1.165, 1.54) is 0 Å². The van der Waals surface area contributed by atoms with E-state index in [2.05, 4.69) is 52.0 Å². The van der Waals surface area contributed by atoms with Crippen LogP contribution in [0.1, 0.15) is 20.8 Å². The number of imidazole rings is 1. The molecule has 0 saturated carbocycles. The molecule has 0 aliphatic carbocycles. The Morgan fingerprint density at radius 3 is 2.88 bits per heavy atom. The molecule has 130 valence electrons. The van der Waals surface area contributed by atoms with E-state index in [9.17, 15) is 0 Å². The second-order valence-corrected chi connectivity index (χ2v) is 7.83. The molecular weight excluding hydrogens is 354 g/mol. The number of rotatable bonds is 6. The van der Waals surface area contributed by atoms with Crippen molar-refractivity contribution >= 4 is 41.6 Å². The van der Waals surface area contributed by atoms with Gasteiger partial charge in [-0.25, -0.2) is 9.97 Å². The number of aromatic nitrogens is 5. The van der Waals surface area contributed by atoms with E-state index >= 15 is 0 Å². The van der Waals surface area contributed by atoms with Gasteiger partial charge in [-0.2, -0.15) is 5.10 Å². The summed E-state index contributed by atoms with van der Waals surface area (Å²) in [6.07, 6.45) is 8.98. The number of thioether (sulfide) groups is 1. The molecule has 0 amide bonds. The van der Waals surface area contributed by atoms with E-state index in [1.54, 1.807) is 37.2 Å². The number of allylic oxidation sites excluding steroid dienone is 1. The molecule has 0 spiro atoms. The maximum Gasteiger partial charge on any atom is 0.181 e. The van der Waals surface area contributed by atoms with Crippen molar-refractivity contribution in [2.45, 2.75) is 31.0 Å². The highest BCUT2D eigenvalue weighted by Gasteiger charge is 2.14. The predicted octanol–water partition coefficient (Wildman–Crippen LogP) is 3.84. The molecule has 0 aliphatic rings. The second kappa shape index (κ2) is 7.32. The van der Waals surface area contributed by atoms with Crippen molar-refractivity contribution < 1.29 is 0 Å². The summed E-state index contributed by atoms with van der Waals surface area (Å²) in [5.41, 5.74) is 2.96. The Bertz CT molecular complexity index is 926. The Morgan fingerprint density at radius 2 is 2.24 bits per heavy atom. The van der Waals surface area contributed by atoms with Gasteiger partial charge < -0.3 is 10.7 Å². The fraction of sp³-hybridized carbons (Fsp3) is 0.250. The topological polar surface area (TPSA) is 94.8 Å². The van der Waals surface area contributed by atoms with Crippen LogP contribution < -0.4 is 5.32 Å². The molecule has 9 heteroatoms. The lowest BCUT2D eigenvalue weighted by atomic mass is 10.3. The van der Waals surface area contributed by atoms with Crippen LogP contribution >= 0.6 is 24.4 Å². The standard InChI is InChI=1S/C16H19N7S2/c1-9(2)25-14-8-23-12(11-5-19-20-6-11)7-18-16(23)15(22-14)21-13(24)4-10(3)17/h4-9,17,24H,1-3H3,(H,19,20)(H,21,22)/b13-4-,17-10?. The van der Waals surface area contributed by atoms with Crippen LogP contribution in [-0.2, 0) is 0 Å². The van der Waals surface area contributed by atoms with Crippen molar-refractivity contribution in [1.82, 2.24) is 24.6 Å². The van der Waals surface area contributed by atoms with Crippen LogP contribution in [0.3, 0.4) is 0 Å². The quantitative estimate of drug-likeness (QED) is 0.299. The summed E-state index contributed by atoms with van der Waals surface area (Å²) >= 11 is 6.06. The van der Waals surface area contributed by atoms with Crippen LogP contribution in [-0.4, -0.2) is 35.5 Å². The first-order valence-corrected chi connectivity index (χ1v) is 9.03. The summed E-state index contributed by atoms with van der Waals surface area (Å²) in [5, 5.41) is 19.4. The van der Waals surface area contributed by atoms with E-state index in [4.69, 9.17) is 5.41 Å². The monoisotopic (exact) mass is 373 g/mol. The molecule has 0 radical (unpaired) electrons. The van der Waals surface area contributed by atoms with E-state index in [0.29, 0.717) is 27.5 Å². The molecular formula is C16H19N7S2. The lowest BCUT2D eigenvalue weighted by molar-refractivity contribution is 1.01. The average molecular weight is 374 g/mol. The Hall–Kier alpha value is -2.26. The Morgan fingerprint density at radius 1 is 1.44 bits per heavy atom. The van der Waals surface area contributed by atoms with Gasteiger partial charge in [0.05, 0.1) is 23.1 Å². The van der Waals surface area contributed by atoms with Crippen molar-refractivity contribution in [3.8, 4) is 11.3 Å². The van der Waals surface area contributed by atoms with Crippen molar-refractivity contribution in [2.24, 2.45) is 0 Å². The molecule has 25 heavy (non-hydrogen) atoms. The summed E-state index contributed by atoms with van der Waals surface area (Å²) in [6, 6.07) is 0. The van der Waals surface area contributed by atoms with Crippen molar-refractivity contribution in [2.75, 3.05) is 5.32 Å². The highest BCUT2D eigenvalue weighted by atomic mass is 32.2.